The number of nitrogen functional groups attached to an aromatic ring is 2. The molecular formula is C25H22N6O12. The lowest BCUT2D eigenvalue weighted by Crippen LogP contribution is -2.20. The van der Waals surface area contributed by atoms with E-state index in [-0.39, 0.29) is 33.6 Å². The van der Waals surface area contributed by atoms with Crippen LogP contribution in [0.4, 0.5) is 34.1 Å². The van der Waals surface area contributed by atoms with Crippen LogP contribution in [0.1, 0.15) is 63.5 Å². The second kappa shape index (κ2) is 12.1. The summed E-state index contributed by atoms with van der Waals surface area (Å²) in [6.45, 7) is 4.03. The number of nitro groups is 4. The predicted molar refractivity (Wildman–Crippen MR) is 147 cm³/mol. The first-order valence-electron chi connectivity index (χ1n) is 12.0. The van der Waals surface area contributed by atoms with Gasteiger partial charge in [0, 0.05) is 24.3 Å². The Bertz CT molecular complexity index is 1710. The van der Waals surface area contributed by atoms with Crippen LogP contribution in [0.2, 0.25) is 0 Å². The summed E-state index contributed by atoms with van der Waals surface area (Å²) in [5, 5.41) is 44.9. The Hall–Kier alpha value is -6.20. The number of nitro benzene ring substituents is 4. The van der Waals surface area contributed by atoms with Gasteiger partial charge in [0.15, 0.2) is 0 Å². The van der Waals surface area contributed by atoms with E-state index in [1.54, 1.807) is 0 Å². The fourth-order valence-corrected chi connectivity index (χ4v) is 4.05. The van der Waals surface area contributed by atoms with Crippen LogP contribution < -0.4 is 11.5 Å². The average Bonchev–Trinajstić information content (AvgIpc) is 2.94. The van der Waals surface area contributed by atoms with Crippen LogP contribution in [0.5, 0.6) is 0 Å². The lowest BCUT2D eigenvalue weighted by molar-refractivity contribution is -0.422. The summed E-state index contributed by atoms with van der Waals surface area (Å²) >= 11 is 0. The second-order valence-electron chi connectivity index (χ2n) is 9.05. The van der Waals surface area contributed by atoms with E-state index < -0.39 is 72.2 Å². The van der Waals surface area contributed by atoms with Crippen molar-refractivity contribution < 1.29 is 38.8 Å². The molecule has 0 saturated heterocycles. The van der Waals surface area contributed by atoms with Crippen molar-refractivity contribution in [2.24, 2.45) is 0 Å². The third-order valence-electron chi connectivity index (χ3n) is 6.38. The standard InChI is InChI=1S/C25H22N6O12/c1-11-22(25(33)43-13(3)15-5-7-19(29(36)37)21(9-15)31(40)41)16(10-17(26)23(11)27)24(32)42-12(2)14-4-6-18(28(34)35)20(8-14)30(38)39/h4-10,12-13H,26-27H2,1-3H3. The SMILES string of the molecule is Cc1c(N)c(N)cc(C(=O)OC(C)c2ccc([N+](=O)[O-])c([N+](=O)[O-])c2)c1C(=O)OC(C)c1ccc([N+](=O)[O-])c([N+](=O)[O-])c1. The fourth-order valence-electron chi connectivity index (χ4n) is 4.05. The smallest absolute Gasteiger partial charge is 0.346 e. The Kier molecular flexibility index (Phi) is 8.83. The number of rotatable bonds is 10. The second-order valence-corrected chi connectivity index (χ2v) is 9.05. The van der Waals surface area contributed by atoms with Gasteiger partial charge < -0.3 is 20.9 Å². The van der Waals surface area contributed by atoms with Crippen LogP contribution in [0, 0.1) is 47.4 Å². The Labute approximate surface area is 240 Å². The predicted octanol–water partition coefficient (Wildman–Crippen LogP) is 4.63. The third kappa shape index (κ3) is 6.42. The molecule has 224 valence electrons. The molecule has 0 amide bonds. The maximum atomic E-state index is 13.3. The van der Waals surface area contributed by atoms with Gasteiger partial charge in [-0.05, 0) is 55.7 Å². The Balaban J connectivity index is 1.96. The summed E-state index contributed by atoms with van der Waals surface area (Å²) in [4.78, 5) is 67.6. The number of esters is 2. The molecule has 4 N–H and O–H groups in total. The molecule has 43 heavy (non-hydrogen) atoms. The zero-order valence-electron chi connectivity index (χ0n) is 22.5. The molecule has 2 atom stereocenters. The summed E-state index contributed by atoms with van der Waals surface area (Å²) in [6, 6.07) is 6.89. The molecule has 0 radical (unpaired) electrons. The molecule has 0 aliphatic carbocycles. The molecule has 0 aliphatic rings. The highest BCUT2D eigenvalue weighted by molar-refractivity contribution is 6.07. The lowest BCUT2D eigenvalue weighted by Gasteiger charge is -2.20. The molecule has 3 aromatic carbocycles. The van der Waals surface area contributed by atoms with Crippen molar-refractivity contribution in [3.8, 4) is 0 Å². The van der Waals surface area contributed by atoms with Crippen LogP contribution in [0.15, 0.2) is 42.5 Å². The molecule has 0 saturated carbocycles. The summed E-state index contributed by atoms with van der Waals surface area (Å²) in [6.07, 6.45) is -2.40. The highest BCUT2D eigenvalue weighted by atomic mass is 16.6. The van der Waals surface area contributed by atoms with Crippen molar-refractivity contribution in [1.29, 1.82) is 0 Å². The van der Waals surface area contributed by atoms with E-state index in [0.29, 0.717) is 0 Å². The van der Waals surface area contributed by atoms with Crippen LogP contribution in [0.25, 0.3) is 0 Å². The lowest BCUT2D eigenvalue weighted by atomic mass is 9.98. The maximum Gasteiger partial charge on any atom is 0.346 e. The van der Waals surface area contributed by atoms with Crippen molar-refractivity contribution in [3.05, 3.63) is 111 Å². The molecule has 18 nitrogen and oxygen atoms in total. The summed E-state index contributed by atoms with van der Waals surface area (Å²) in [5.74, 6) is -2.25. The molecule has 3 aromatic rings. The van der Waals surface area contributed by atoms with Gasteiger partial charge in [0.05, 0.1) is 42.2 Å². The van der Waals surface area contributed by atoms with E-state index in [2.05, 4.69) is 0 Å². The van der Waals surface area contributed by atoms with Gasteiger partial charge in [-0.1, -0.05) is 0 Å². The summed E-state index contributed by atoms with van der Waals surface area (Å²) in [5.41, 5.74) is 7.80. The van der Waals surface area contributed by atoms with Gasteiger partial charge in [-0.25, -0.2) is 9.59 Å². The quantitative estimate of drug-likeness (QED) is 0.139. The van der Waals surface area contributed by atoms with Crippen molar-refractivity contribution in [2.75, 3.05) is 11.5 Å². The number of ether oxygens (including phenoxy) is 2. The van der Waals surface area contributed by atoms with Crippen LogP contribution in [-0.2, 0) is 9.47 Å². The van der Waals surface area contributed by atoms with E-state index in [4.69, 9.17) is 20.9 Å². The van der Waals surface area contributed by atoms with Gasteiger partial charge in [-0.3, -0.25) is 40.5 Å². The molecule has 0 bridgehead atoms. The average molecular weight is 598 g/mol. The maximum absolute atomic E-state index is 13.3. The highest BCUT2D eigenvalue weighted by Gasteiger charge is 2.31. The number of nitrogens with zero attached hydrogens (tertiary/aromatic N) is 4. The molecule has 2 unspecified atom stereocenters. The topological polar surface area (TPSA) is 277 Å². The number of carbonyl (C=O) groups is 2. The fraction of sp³-hybridized carbons (Fsp3) is 0.200. The van der Waals surface area contributed by atoms with Crippen molar-refractivity contribution in [1.82, 2.24) is 0 Å². The van der Waals surface area contributed by atoms with Crippen LogP contribution in [0.3, 0.4) is 0 Å². The van der Waals surface area contributed by atoms with Gasteiger partial charge in [0.25, 0.3) is 0 Å². The van der Waals surface area contributed by atoms with E-state index >= 15 is 0 Å². The van der Waals surface area contributed by atoms with Crippen molar-refractivity contribution in [2.45, 2.75) is 33.0 Å². The largest absolute Gasteiger partial charge is 0.454 e. The molecular weight excluding hydrogens is 576 g/mol. The number of anilines is 2. The van der Waals surface area contributed by atoms with Crippen molar-refractivity contribution >= 4 is 46.1 Å². The number of carbonyl (C=O) groups excluding carboxylic acids is 2. The van der Waals surface area contributed by atoms with E-state index in [0.717, 1.165) is 42.5 Å². The number of benzene rings is 3. The minimum Gasteiger partial charge on any atom is -0.454 e. The number of nitrogens with two attached hydrogens (primary N) is 2. The van der Waals surface area contributed by atoms with Gasteiger partial charge >= 0.3 is 34.7 Å². The highest BCUT2D eigenvalue weighted by Crippen LogP contribution is 2.35. The molecule has 0 aromatic heterocycles. The van der Waals surface area contributed by atoms with E-state index in [1.807, 2.05) is 0 Å². The van der Waals surface area contributed by atoms with E-state index in [9.17, 15) is 50.0 Å². The molecule has 3 rings (SSSR count). The minimum absolute atomic E-state index is 0.0254. The van der Waals surface area contributed by atoms with Crippen molar-refractivity contribution in [3.63, 3.8) is 0 Å². The Morgan fingerprint density at radius 2 is 1.07 bits per heavy atom. The van der Waals surface area contributed by atoms with E-state index in [1.165, 1.54) is 20.8 Å². The third-order valence-corrected chi connectivity index (χ3v) is 6.38. The van der Waals surface area contributed by atoms with Crippen LogP contribution >= 0.6 is 0 Å². The first-order valence-corrected chi connectivity index (χ1v) is 12.0. The summed E-state index contributed by atoms with van der Waals surface area (Å²) in [7, 11) is 0. The van der Waals surface area contributed by atoms with Gasteiger partial charge in [0.1, 0.15) is 12.2 Å². The van der Waals surface area contributed by atoms with Gasteiger partial charge in [0.2, 0.25) is 0 Å². The number of hydrogen-bond acceptors (Lipinski definition) is 14. The monoisotopic (exact) mass is 598 g/mol. The Morgan fingerprint density at radius 1 is 0.674 bits per heavy atom. The Morgan fingerprint density at radius 3 is 1.47 bits per heavy atom. The zero-order valence-corrected chi connectivity index (χ0v) is 22.5. The molecule has 0 fully saturated rings. The molecule has 0 heterocycles. The normalized spacial score (nSPS) is 12.1. The zero-order chi connectivity index (χ0) is 32.3. The molecule has 0 aliphatic heterocycles. The van der Waals surface area contributed by atoms with Gasteiger partial charge in [-0.2, -0.15) is 0 Å². The minimum atomic E-state index is -1.20. The van der Waals surface area contributed by atoms with Gasteiger partial charge in [-0.15, -0.1) is 0 Å². The summed E-state index contributed by atoms with van der Waals surface area (Å²) < 4.78 is 10.8. The van der Waals surface area contributed by atoms with Crippen LogP contribution in [-0.4, -0.2) is 31.6 Å². The number of hydrogen-bond donors (Lipinski definition) is 2. The first kappa shape index (κ1) is 31.3. The first-order chi connectivity index (χ1) is 20.0. The molecule has 18 heteroatoms. The molecule has 0 spiro atoms.